The lowest BCUT2D eigenvalue weighted by Gasteiger charge is -2.13. The van der Waals surface area contributed by atoms with Gasteiger partial charge < -0.3 is 9.47 Å². The minimum atomic E-state index is -0.597. The first kappa shape index (κ1) is 13.8. The summed E-state index contributed by atoms with van der Waals surface area (Å²) in [7, 11) is 0. The lowest BCUT2D eigenvalue weighted by molar-refractivity contribution is 0.0203. The number of ether oxygens (including phenoxy) is 2. The Kier molecular flexibility index (Phi) is 8.55. The summed E-state index contributed by atoms with van der Waals surface area (Å²) in [5, 5.41) is 8.28. The van der Waals surface area contributed by atoms with E-state index in [1.165, 1.54) is 0 Å². The SMILES string of the molecule is CCC(CC)OC(=O)OCCCCC#N. The topological polar surface area (TPSA) is 59.3 Å². The van der Waals surface area contributed by atoms with Crippen LogP contribution in [-0.2, 0) is 9.47 Å². The first-order chi connectivity index (χ1) is 7.24. The highest BCUT2D eigenvalue weighted by molar-refractivity contribution is 5.60. The zero-order valence-electron chi connectivity index (χ0n) is 9.49. The van der Waals surface area contributed by atoms with E-state index in [1.807, 2.05) is 19.9 Å². The van der Waals surface area contributed by atoms with Gasteiger partial charge in [0.05, 0.1) is 12.7 Å². The molecule has 0 amide bonds. The molecular formula is C11H19NO3. The fraction of sp³-hybridized carbons (Fsp3) is 0.818. The van der Waals surface area contributed by atoms with Crippen molar-refractivity contribution in [2.75, 3.05) is 6.61 Å². The van der Waals surface area contributed by atoms with Crippen LogP contribution in [0.25, 0.3) is 0 Å². The van der Waals surface area contributed by atoms with Crippen LogP contribution in [0, 0.1) is 11.3 Å². The number of nitriles is 1. The van der Waals surface area contributed by atoms with E-state index in [4.69, 9.17) is 14.7 Å². The van der Waals surface area contributed by atoms with Crippen molar-refractivity contribution < 1.29 is 14.3 Å². The predicted octanol–water partition coefficient (Wildman–Crippen LogP) is 3.02. The standard InChI is InChI=1S/C11H19NO3/c1-3-10(4-2)15-11(13)14-9-7-5-6-8-12/h10H,3-7,9H2,1-2H3. The van der Waals surface area contributed by atoms with Gasteiger partial charge in [0.2, 0.25) is 0 Å². The molecule has 0 aliphatic rings. The molecule has 0 radical (unpaired) electrons. The van der Waals surface area contributed by atoms with Crippen molar-refractivity contribution in [1.29, 1.82) is 5.26 Å². The molecule has 0 aromatic rings. The molecule has 0 rings (SSSR count). The quantitative estimate of drug-likeness (QED) is 0.481. The van der Waals surface area contributed by atoms with Gasteiger partial charge in [0.15, 0.2) is 0 Å². The van der Waals surface area contributed by atoms with Gasteiger partial charge in [-0.1, -0.05) is 13.8 Å². The molecular weight excluding hydrogens is 194 g/mol. The summed E-state index contributed by atoms with van der Waals surface area (Å²) < 4.78 is 9.88. The van der Waals surface area contributed by atoms with Gasteiger partial charge in [0.1, 0.15) is 6.10 Å². The van der Waals surface area contributed by atoms with Gasteiger partial charge >= 0.3 is 6.16 Å². The number of unbranched alkanes of at least 4 members (excludes halogenated alkanes) is 2. The third kappa shape index (κ3) is 7.80. The predicted molar refractivity (Wildman–Crippen MR) is 56.3 cm³/mol. The van der Waals surface area contributed by atoms with Crippen molar-refractivity contribution in [3.63, 3.8) is 0 Å². The Bertz CT molecular complexity index is 206. The van der Waals surface area contributed by atoms with Gasteiger partial charge in [-0.3, -0.25) is 0 Å². The van der Waals surface area contributed by atoms with E-state index in [9.17, 15) is 4.79 Å². The molecule has 86 valence electrons. The molecule has 0 atom stereocenters. The van der Waals surface area contributed by atoms with Gasteiger partial charge in [-0.15, -0.1) is 0 Å². The molecule has 0 unspecified atom stereocenters. The molecule has 0 spiro atoms. The summed E-state index contributed by atoms with van der Waals surface area (Å²) in [6.45, 7) is 4.27. The summed E-state index contributed by atoms with van der Waals surface area (Å²) in [5.74, 6) is 0. The first-order valence-corrected chi connectivity index (χ1v) is 5.44. The maximum Gasteiger partial charge on any atom is 0.508 e. The van der Waals surface area contributed by atoms with Crippen LogP contribution in [0.1, 0.15) is 46.0 Å². The maximum atomic E-state index is 11.1. The van der Waals surface area contributed by atoms with Crippen molar-refractivity contribution in [3.05, 3.63) is 0 Å². The zero-order valence-corrected chi connectivity index (χ0v) is 9.49. The molecule has 4 nitrogen and oxygen atoms in total. The van der Waals surface area contributed by atoms with E-state index in [1.54, 1.807) is 0 Å². The van der Waals surface area contributed by atoms with Crippen LogP contribution < -0.4 is 0 Å². The smallest absolute Gasteiger partial charge is 0.434 e. The summed E-state index contributed by atoms with van der Waals surface area (Å²) in [6.07, 6.45) is 2.95. The molecule has 0 N–H and O–H groups in total. The Morgan fingerprint density at radius 3 is 2.53 bits per heavy atom. The molecule has 0 fully saturated rings. The second kappa shape index (κ2) is 9.32. The van der Waals surface area contributed by atoms with E-state index in [2.05, 4.69) is 0 Å². The van der Waals surface area contributed by atoms with E-state index in [-0.39, 0.29) is 6.10 Å². The number of hydrogen-bond donors (Lipinski definition) is 0. The molecule has 0 aromatic heterocycles. The molecule has 15 heavy (non-hydrogen) atoms. The van der Waals surface area contributed by atoms with Crippen molar-refractivity contribution in [1.82, 2.24) is 0 Å². The van der Waals surface area contributed by atoms with Crippen LogP contribution in [-0.4, -0.2) is 18.9 Å². The lowest BCUT2D eigenvalue weighted by Crippen LogP contribution is -2.17. The molecule has 0 aromatic carbocycles. The van der Waals surface area contributed by atoms with Crippen molar-refractivity contribution in [2.45, 2.75) is 52.1 Å². The first-order valence-electron chi connectivity index (χ1n) is 5.44. The molecule has 0 saturated carbocycles. The van der Waals surface area contributed by atoms with E-state index >= 15 is 0 Å². The number of nitrogens with zero attached hydrogens (tertiary/aromatic N) is 1. The van der Waals surface area contributed by atoms with E-state index in [0.717, 1.165) is 19.3 Å². The Morgan fingerprint density at radius 1 is 1.33 bits per heavy atom. The summed E-state index contributed by atoms with van der Waals surface area (Å²) in [5.41, 5.74) is 0. The van der Waals surface area contributed by atoms with Crippen LogP contribution in [0.4, 0.5) is 4.79 Å². The highest BCUT2D eigenvalue weighted by Crippen LogP contribution is 2.04. The third-order valence-corrected chi connectivity index (χ3v) is 2.08. The fourth-order valence-corrected chi connectivity index (χ4v) is 1.09. The Hall–Kier alpha value is -1.24. The number of rotatable bonds is 7. The average molecular weight is 213 g/mol. The second-order valence-corrected chi connectivity index (χ2v) is 3.27. The normalized spacial score (nSPS) is 9.73. The Morgan fingerprint density at radius 2 is 2.00 bits per heavy atom. The van der Waals surface area contributed by atoms with Gasteiger partial charge in [-0.2, -0.15) is 5.26 Å². The average Bonchev–Trinajstić information content (AvgIpc) is 2.25. The lowest BCUT2D eigenvalue weighted by atomic mass is 10.2. The van der Waals surface area contributed by atoms with Gasteiger partial charge in [0, 0.05) is 6.42 Å². The maximum absolute atomic E-state index is 11.1. The van der Waals surface area contributed by atoms with Gasteiger partial charge in [-0.25, -0.2) is 4.79 Å². The van der Waals surface area contributed by atoms with Gasteiger partial charge in [-0.05, 0) is 25.7 Å². The summed E-state index contributed by atoms with van der Waals surface area (Å²) in [4.78, 5) is 11.1. The van der Waals surface area contributed by atoms with E-state index < -0.39 is 6.16 Å². The van der Waals surface area contributed by atoms with Crippen LogP contribution in [0.3, 0.4) is 0 Å². The largest absolute Gasteiger partial charge is 0.508 e. The zero-order chi connectivity index (χ0) is 11.5. The third-order valence-electron chi connectivity index (χ3n) is 2.08. The van der Waals surface area contributed by atoms with Crippen LogP contribution in [0.15, 0.2) is 0 Å². The van der Waals surface area contributed by atoms with Crippen molar-refractivity contribution >= 4 is 6.16 Å². The summed E-state index contributed by atoms with van der Waals surface area (Å²) in [6, 6.07) is 2.03. The van der Waals surface area contributed by atoms with Gasteiger partial charge in [0.25, 0.3) is 0 Å². The van der Waals surface area contributed by atoms with Crippen LogP contribution in [0.2, 0.25) is 0 Å². The minimum Gasteiger partial charge on any atom is -0.434 e. The summed E-state index contributed by atoms with van der Waals surface area (Å²) >= 11 is 0. The Labute approximate surface area is 91.2 Å². The molecule has 4 heteroatoms. The molecule has 0 aliphatic carbocycles. The second-order valence-electron chi connectivity index (χ2n) is 3.27. The number of carbonyl (C=O) groups excluding carboxylic acids is 1. The van der Waals surface area contributed by atoms with E-state index in [0.29, 0.717) is 19.4 Å². The minimum absolute atomic E-state index is 0.0448. The highest BCUT2D eigenvalue weighted by Gasteiger charge is 2.10. The number of hydrogen-bond acceptors (Lipinski definition) is 4. The molecule has 0 heterocycles. The van der Waals surface area contributed by atoms with Crippen LogP contribution in [0.5, 0.6) is 0 Å². The molecule has 0 aliphatic heterocycles. The molecule has 0 saturated heterocycles. The van der Waals surface area contributed by atoms with Crippen molar-refractivity contribution in [3.8, 4) is 6.07 Å². The fourth-order valence-electron chi connectivity index (χ4n) is 1.09. The Balaban J connectivity index is 3.45. The molecule has 0 bridgehead atoms. The highest BCUT2D eigenvalue weighted by atomic mass is 16.7. The van der Waals surface area contributed by atoms with Crippen LogP contribution >= 0.6 is 0 Å². The monoisotopic (exact) mass is 213 g/mol. The number of carbonyl (C=O) groups is 1. The van der Waals surface area contributed by atoms with Crippen molar-refractivity contribution in [2.24, 2.45) is 0 Å².